The zero-order valence-electron chi connectivity index (χ0n) is 8.10. The van der Waals surface area contributed by atoms with E-state index in [-0.39, 0.29) is 0 Å². The smallest absolute Gasteiger partial charge is 0.146 e. The average molecular weight is 223 g/mol. The van der Waals surface area contributed by atoms with E-state index in [2.05, 4.69) is 10.2 Å². The summed E-state index contributed by atoms with van der Waals surface area (Å²) in [6.45, 7) is 1.12. The first-order valence-corrected chi connectivity index (χ1v) is 4.98. The molecule has 2 aromatic rings. The Morgan fingerprint density at radius 2 is 2.00 bits per heavy atom. The highest BCUT2D eigenvalue weighted by Crippen LogP contribution is 2.11. The van der Waals surface area contributed by atoms with E-state index in [9.17, 15) is 0 Å². The minimum absolute atomic E-state index is 0.396. The van der Waals surface area contributed by atoms with E-state index in [1.54, 1.807) is 6.33 Å². The first-order chi connectivity index (χ1) is 7.29. The van der Waals surface area contributed by atoms with Crippen molar-refractivity contribution in [2.45, 2.75) is 13.1 Å². The van der Waals surface area contributed by atoms with Gasteiger partial charge in [0.2, 0.25) is 0 Å². The van der Waals surface area contributed by atoms with Gasteiger partial charge in [-0.25, -0.2) is 0 Å². The van der Waals surface area contributed by atoms with Gasteiger partial charge < -0.3 is 10.3 Å². The van der Waals surface area contributed by atoms with Crippen molar-refractivity contribution < 1.29 is 0 Å². The van der Waals surface area contributed by atoms with Crippen LogP contribution in [0, 0.1) is 0 Å². The Morgan fingerprint density at radius 1 is 1.27 bits per heavy atom. The van der Waals surface area contributed by atoms with Gasteiger partial charge in [0.25, 0.3) is 0 Å². The van der Waals surface area contributed by atoms with Gasteiger partial charge in [0.15, 0.2) is 0 Å². The molecule has 78 valence electrons. The minimum Gasteiger partial charge on any atom is -0.324 e. The van der Waals surface area contributed by atoms with Crippen LogP contribution in [0.2, 0.25) is 5.02 Å². The van der Waals surface area contributed by atoms with Gasteiger partial charge in [-0.2, -0.15) is 0 Å². The van der Waals surface area contributed by atoms with Crippen LogP contribution in [0.3, 0.4) is 0 Å². The van der Waals surface area contributed by atoms with E-state index in [0.29, 0.717) is 6.54 Å². The number of nitrogens with two attached hydrogens (primary N) is 1. The fourth-order valence-corrected chi connectivity index (χ4v) is 1.48. The maximum absolute atomic E-state index is 5.80. The first kappa shape index (κ1) is 10.1. The molecule has 0 aliphatic heterocycles. The van der Waals surface area contributed by atoms with Crippen LogP contribution in [0.15, 0.2) is 30.6 Å². The zero-order valence-corrected chi connectivity index (χ0v) is 8.85. The normalized spacial score (nSPS) is 10.5. The molecule has 1 heterocycles. The molecule has 0 radical (unpaired) electrons. The second-order valence-corrected chi connectivity index (χ2v) is 3.64. The van der Waals surface area contributed by atoms with Gasteiger partial charge in [0, 0.05) is 5.02 Å². The van der Waals surface area contributed by atoms with Crippen LogP contribution in [-0.4, -0.2) is 14.8 Å². The van der Waals surface area contributed by atoms with Crippen molar-refractivity contribution in [1.29, 1.82) is 0 Å². The number of nitrogens with zero attached hydrogens (tertiary/aromatic N) is 3. The number of rotatable bonds is 3. The quantitative estimate of drug-likeness (QED) is 0.855. The monoisotopic (exact) mass is 222 g/mol. The minimum atomic E-state index is 0.396. The van der Waals surface area contributed by atoms with Gasteiger partial charge in [-0.1, -0.05) is 23.7 Å². The van der Waals surface area contributed by atoms with E-state index < -0.39 is 0 Å². The van der Waals surface area contributed by atoms with Crippen LogP contribution >= 0.6 is 11.6 Å². The Bertz CT molecular complexity index is 435. The van der Waals surface area contributed by atoms with Crippen LogP contribution in [0.1, 0.15) is 11.4 Å². The summed E-state index contributed by atoms with van der Waals surface area (Å²) in [5.41, 5.74) is 6.68. The summed E-state index contributed by atoms with van der Waals surface area (Å²) < 4.78 is 1.92. The fourth-order valence-electron chi connectivity index (χ4n) is 1.36. The lowest BCUT2D eigenvalue weighted by molar-refractivity contribution is 0.724. The Kier molecular flexibility index (Phi) is 2.99. The van der Waals surface area contributed by atoms with Gasteiger partial charge >= 0.3 is 0 Å². The molecule has 4 nitrogen and oxygen atoms in total. The second kappa shape index (κ2) is 4.42. The lowest BCUT2D eigenvalue weighted by atomic mass is 10.2. The lowest BCUT2D eigenvalue weighted by Crippen LogP contribution is -2.08. The molecular weight excluding hydrogens is 212 g/mol. The van der Waals surface area contributed by atoms with E-state index in [0.717, 1.165) is 23.0 Å². The van der Waals surface area contributed by atoms with E-state index in [1.807, 2.05) is 28.8 Å². The highest BCUT2D eigenvalue weighted by Gasteiger charge is 2.02. The molecular formula is C10H11ClN4. The van der Waals surface area contributed by atoms with Gasteiger partial charge in [-0.15, -0.1) is 10.2 Å². The van der Waals surface area contributed by atoms with Crippen LogP contribution < -0.4 is 5.73 Å². The highest BCUT2D eigenvalue weighted by molar-refractivity contribution is 6.30. The van der Waals surface area contributed by atoms with Crippen molar-refractivity contribution >= 4 is 11.6 Å². The molecule has 0 aliphatic rings. The summed E-state index contributed by atoms with van der Waals surface area (Å²) in [5.74, 6) is 0.782. The third-order valence-corrected chi connectivity index (χ3v) is 2.40. The molecule has 0 unspecified atom stereocenters. The SMILES string of the molecule is NCc1nncn1Cc1ccc(Cl)cc1. The summed E-state index contributed by atoms with van der Waals surface area (Å²) in [7, 11) is 0. The Morgan fingerprint density at radius 3 is 2.67 bits per heavy atom. The maximum Gasteiger partial charge on any atom is 0.146 e. The third-order valence-electron chi connectivity index (χ3n) is 2.14. The largest absolute Gasteiger partial charge is 0.324 e. The number of halogens is 1. The van der Waals surface area contributed by atoms with Gasteiger partial charge in [0.1, 0.15) is 12.2 Å². The first-order valence-electron chi connectivity index (χ1n) is 4.61. The number of aromatic nitrogens is 3. The Balaban J connectivity index is 2.18. The van der Waals surface area contributed by atoms with Gasteiger partial charge in [0.05, 0.1) is 13.1 Å². The highest BCUT2D eigenvalue weighted by atomic mass is 35.5. The summed E-state index contributed by atoms with van der Waals surface area (Å²) in [5, 5.41) is 8.46. The topological polar surface area (TPSA) is 56.7 Å². The third kappa shape index (κ3) is 2.34. The standard InChI is InChI=1S/C10H11ClN4/c11-9-3-1-8(2-4-9)6-15-7-13-14-10(15)5-12/h1-4,7H,5-6,12H2. The molecule has 0 saturated carbocycles. The van der Waals surface area contributed by atoms with Crippen molar-refractivity contribution in [2.75, 3.05) is 0 Å². The average Bonchev–Trinajstić information content (AvgIpc) is 2.69. The maximum atomic E-state index is 5.80. The van der Waals surface area contributed by atoms with Gasteiger partial charge in [-0.05, 0) is 17.7 Å². The molecule has 0 spiro atoms. The summed E-state index contributed by atoms with van der Waals surface area (Å²) in [6.07, 6.45) is 1.68. The summed E-state index contributed by atoms with van der Waals surface area (Å²) >= 11 is 5.80. The second-order valence-electron chi connectivity index (χ2n) is 3.21. The lowest BCUT2D eigenvalue weighted by Gasteiger charge is -2.04. The number of benzene rings is 1. The molecule has 5 heteroatoms. The molecule has 1 aromatic heterocycles. The molecule has 1 aromatic carbocycles. The van der Waals surface area contributed by atoms with Crippen LogP contribution in [0.5, 0.6) is 0 Å². The predicted octanol–water partition coefficient (Wildman–Crippen LogP) is 1.44. The molecule has 0 saturated heterocycles. The van der Waals surface area contributed by atoms with Gasteiger partial charge in [-0.3, -0.25) is 0 Å². The molecule has 2 rings (SSSR count). The molecule has 15 heavy (non-hydrogen) atoms. The van der Waals surface area contributed by atoms with Crippen LogP contribution in [0.4, 0.5) is 0 Å². The van der Waals surface area contributed by atoms with E-state index in [1.165, 1.54) is 0 Å². The number of hydrogen-bond donors (Lipinski definition) is 1. The van der Waals surface area contributed by atoms with Crippen molar-refractivity contribution in [3.63, 3.8) is 0 Å². The van der Waals surface area contributed by atoms with Crippen molar-refractivity contribution in [2.24, 2.45) is 5.73 Å². The Hall–Kier alpha value is -1.39. The molecule has 0 amide bonds. The molecule has 0 fully saturated rings. The Labute approximate surface area is 92.7 Å². The van der Waals surface area contributed by atoms with Crippen molar-refractivity contribution in [1.82, 2.24) is 14.8 Å². The van der Waals surface area contributed by atoms with E-state index in [4.69, 9.17) is 17.3 Å². The molecule has 2 N–H and O–H groups in total. The fraction of sp³-hybridized carbons (Fsp3) is 0.200. The molecule has 0 atom stereocenters. The van der Waals surface area contributed by atoms with Crippen LogP contribution in [-0.2, 0) is 13.1 Å². The predicted molar refractivity (Wildman–Crippen MR) is 58.5 cm³/mol. The van der Waals surface area contributed by atoms with Crippen LogP contribution in [0.25, 0.3) is 0 Å². The zero-order chi connectivity index (χ0) is 10.7. The van der Waals surface area contributed by atoms with Crippen molar-refractivity contribution in [3.05, 3.63) is 47.0 Å². The molecule has 0 aliphatic carbocycles. The summed E-state index contributed by atoms with van der Waals surface area (Å²) in [4.78, 5) is 0. The van der Waals surface area contributed by atoms with Crippen molar-refractivity contribution in [3.8, 4) is 0 Å². The summed E-state index contributed by atoms with van der Waals surface area (Å²) in [6, 6.07) is 7.68. The molecule has 0 bridgehead atoms. The number of hydrogen-bond acceptors (Lipinski definition) is 3. The van der Waals surface area contributed by atoms with E-state index >= 15 is 0 Å².